The van der Waals surface area contributed by atoms with Crippen molar-refractivity contribution in [2.75, 3.05) is 0 Å². The third-order valence-corrected chi connectivity index (χ3v) is 3.78. The van der Waals surface area contributed by atoms with Crippen LogP contribution in [0.4, 0.5) is 0 Å². The summed E-state index contributed by atoms with van der Waals surface area (Å²) in [6.07, 6.45) is 6.60. The van der Waals surface area contributed by atoms with E-state index in [4.69, 9.17) is 5.84 Å². The zero-order valence-electron chi connectivity index (χ0n) is 11.6. The molecule has 2 aromatic rings. The molecule has 0 aliphatic carbocycles. The predicted octanol–water partition coefficient (Wildman–Crippen LogP) is 3.16. The molecule has 0 saturated heterocycles. The quantitative estimate of drug-likeness (QED) is 0.630. The second kappa shape index (κ2) is 7.53. The van der Waals surface area contributed by atoms with Gasteiger partial charge in [0.05, 0.1) is 0 Å². The fourth-order valence-electron chi connectivity index (χ4n) is 2.30. The van der Waals surface area contributed by atoms with Gasteiger partial charge in [0.2, 0.25) is 0 Å². The lowest BCUT2D eigenvalue weighted by Gasteiger charge is -2.16. The minimum absolute atomic E-state index is 0.256. The number of nitrogens with zero attached hydrogens (tertiary/aromatic N) is 1. The van der Waals surface area contributed by atoms with E-state index in [0.717, 1.165) is 23.7 Å². The number of halogens is 1. The number of benzene rings is 1. The van der Waals surface area contributed by atoms with Gasteiger partial charge in [-0.05, 0) is 59.3 Å². The van der Waals surface area contributed by atoms with Gasteiger partial charge < -0.3 is 0 Å². The first kappa shape index (κ1) is 15.2. The van der Waals surface area contributed by atoms with Gasteiger partial charge in [-0.1, -0.05) is 29.8 Å². The summed E-state index contributed by atoms with van der Waals surface area (Å²) in [4.78, 5) is 4.19. The van der Waals surface area contributed by atoms with E-state index in [1.165, 1.54) is 16.7 Å². The number of nitrogens with one attached hydrogen (secondary N) is 1. The highest BCUT2D eigenvalue weighted by molar-refractivity contribution is 9.10. The third-order valence-electron chi connectivity index (χ3n) is 3.34. The standard InChI is InChI=1S/C16H20BrN3/c1-12-3-2-4-13(7-12)5-6-16(20-18)9-14-8-15(17)11-19-10-14/h2-4,7-8,10-11,16,20H,5-6,9,18H2,1H3. The maximum Gasteiger partial charge on any atom is 0.0410 e. The molecule has 0 spiro atoms. The van der Waals surface area contributed by atoms with Crippen LogP contribution in [0.3, 0.4) is 0 Å². The van der Waals surface area contributed by atoms with Gasteiger partial charge in [-0.25, -0.2) is 0 Å². The van der Waals surface area contributed by atoms with Gasteiger partial charge in [0.1, 0.15) is 0 Å². The number of nitrogens with two attached hydrogens (primary N) is 1. The molecule has 3 N–H and O–H groups in total. The lowest BCUT2D eigenvalue weighted by molar-refractivity contribution is 0.491. The summed E-state index contributed by atoms with van der Waals surface area (Å²) in [5.41, 5.74) is 6.76. The number of aromatic nitrogens is 1. The van der Waals surface area contributed by atoms with E-state index in [0.29, 0.717) is 0 Å². The van der Waals surface area contributed by atoms with E-state index in [9.17, 15) is 0 Å². The second-order valence-corrected chi connectivity index (χ2v) is 6.02. The summed E-state index contributed by atoms with van der Waals surface area (Å²) in [6, 6.07) is 11.0. The van der Waals surface area contributed by atoms with Crippen LogP contribution in [0.15, 0.2) is 47.2 Å². The van der Waals surface area contributed by atoms with Crippen molar-refractivity contribution in [3.05, 3.63) is 63.9 Å². The molecule has 0 fully saturated rings. The van der Waals surface area contributed by atoms with E-state index in [1.807, 2.05) is 6.20 Å². The number of hydrazine groups is 1. The van der Waals surface area contributed by atoms with Crippen molar-refractivity contribution in [1.29, 1.82) is 0 Å². The third kappa shape index (κ3) is 4.71. The number of pyridine rings is 1. The molecule has 0 radical (unpaired) electrons. The molecule has 0 bridgehead atoms. The van der Waals surface area contributed by atoms with Gasteiger partial charge >= 0.3 is 0 Å². The van der Waals surface area contributed by atoms with Crippen LogP contribution in [0.25, 0.3) is 0 Å². The Balaban J connectivity index is 1.92. The largest absolute Gasteiger partial charge is 0.271 e. The summed E-state index contributed by atoms with van der Waals surface area (Å²) in [7, 11) is 0. The Kier molecular flexibility index (Phi) is 5.71. The number of aryl methyl sites for hydroxylation is 2. The maximum atomic E-state index is 5.67. The Labute approximate surface area is 128 Å². The SMILES string of the molecule is Cc1cccc(CCC(Cc2cncc(Br)c2)NN)c1. The summed E-state index contributed by atoms with van der Waals surface area (Å²) in [5, 5.41) is 0. The Morgan fingerprint density at radius 2 is 2.10 bits per heavy atom. The van der Waals surface area contributed by atoms with E-state index < -0.39 is 0 Å². The number of hydrogen-bond donors (Lipinski definition) is 2. The zero-order chi connectivity index (χ0) is 14.4. The van der Waals surface area contributed by atoms with Crippen LogP contribution in [0, 0.1) is 6.92 Å². The fraction of sp³-hybridized carbons (Fsp3) is 0.312. The predicted molar refractivity (Wildman–Crippen MR) is 86.3 cm³/mol. The molecular weight excluding hydrogens is 314 g/mol. The van der Waals surface area contributed by atoms with Crippen molar-refractivity contribution in [2.24, 2.45) is 5.84 Å². The Morgan fingerprint density at radius 3 is 2.80 bits per heavy atom. The maximum absolute atomic E-state index is 5.67. The lowest BCUT2D eigenvalue weighted by Crippen LogP contribution is -2.37. The minimum Gasteiger partial charge on any atom is -0.271 e. The molecule has 3 nitrogen and oxygen atoms in total. The minimum atomic E-state index is 0.256. The second-order valence-electron chi connectivity index (χ2n) is 5.11. The molecule has 4 heteroatoms. The summed E-state index contributed by atoms with van der Waals surface area (Å²) in [6.45, 7) is 2.12. The fourth-order valence-corrected chi connectivity index (χ4v) is 2.72. The zero-order valence-corrected chi connectivity index (χ0v) is 13.2. The van der Waals surface area contributed by atoms with Gasteiger partial charge in [0.25, 0.3) is 0 Å². The van der Waals surface area contributed by atoms with Gasteiger partial charge in [-0.3, -0.25) is 16.3 Å². The molecule has 0 aliphatic rings. The molecule has 1 heterocycles. The highest BCUT2D eigenvalue weighted by atomic mass is 79.9. The average molecular weight is 334 g/mol. The van der Waals surface area contributed by atoms with Crippen molar-refractivity contribution in [3.63, 3.8) is 0 Å². The van der Waals surface area contributed by atoms with Crippen molar-refractivity contribution in [3.8, 4) is 0 Å². The van der Waals surface area contributed by atoms with Crippen LogP contribution in [-0.4, -0.2) is 11.0 Å². The van der Waals surface area contributed by atoms with Gasteiger partial charge in [-0.2, -0.15) is 0 Å². The highest BCUT2D eigenvalue weighted by Crippen LogP contribution is 2.14. The topological polar surface area (TPSA) is 50.9 Å². The van der Waals surface area contributed by atoms with Crippen LogP contribution in [0.2, 0.25) is 0 Å². The molecule has 1 aromatic heterocycles. The molecule has 1 aromatic carbocycles. The molecular formula is C16H20BrN3. The first-order valence-corrected chi connectivity index (χ1v) is 7.58. The molecule has 106 valence electrons. The number of rotatable bonds is 6. The number of hydrogen-bond acceptors (Lipinski definition) is 3. The molecule has 0 saturated carbocycles. The highest BCUT2D eigenvalue weighted by Gasteiger charge is 2.09. The monoisotopic (exact) mass is 333 g/mol. The summed E-state index contributed by atoms with van der Waals surface area (Å²) >= 11 is 3.44. The molecule has 2 rings (SSSR count). The van der Waals surface area contributed by atoms with Crippen molar-refractivity contribution >= 4 is 15.9 Å². The van der Waals surface area contributed by atoms with Crippen LogP contribution in [-0.2, 0) is 12.8 Å². The van der Waals surface area contributed by atoms with Crippen LogP contribution >= 0.6 is 15.9 Å². The average Bonchev–Trinajstić information content (AvgIpc) is 2.43. The first-order valence-electron chi connectivity index (χ1n) is 6.78. The Morgan fingerprint density at radius 1 is 1.25 bits per heavy atom. The van der Waals surface area contributed by atoms with E-state index in [1.54, 1.807) is 6.20 Å². The smallest absolute Gasteiger partial charge is 0.0410 e. The van der Waals surface area contributed by atoms with E-state index in [-0.39, 0.29) is 6.04 Å². The van der Waals surface area contributed by atoms with Gasteiger partial charge in [0, 0.05) is 22.9 Å². The Hall–Kier alpha value is -1.23. The molecule has 1 unspecified atom stereocenters. The first-order chi connectivity index (χ1) is 9.67. The normalized spacial score (nSPS) is 12.3. The molecule has 0 aliphatic heterocycles. The van der Waals surface area contributed by atoms with E-state index in [2.05, 4.69) is 63.6 Å². The van der Waals surface area contributed by atoms with Gasteiger partial charge in [0.15, 0.2) is 0 Å². The van der Waals surface area contributed by atoms with Crippen LogP contribution in [0.5, 0.6) is 0 Å². The molecule has 0 amide bonds. The van der Waals surface area contributed by atoms with Crippen molar-refractivity contribution in [1.82, 2.24) is 10.4 Å². The van der Waals surface area contributed by atoms with Crippen molar-refractivity contribution in [2.45, 2.75) is 32.2 Å². The van der Waals surface area contributed by atoms with Gasteiger partial charge in [-0.15, -0.1) is 0 Å². The summed E-state index contributed by atoms with van der Waals surface area (Å²) in [5.74, 6) is 5.67. The van der Waals surface area contributed by atoms with Crippen molar-refractivity contribution < 1.29 is 0 Å². The van der Waals surface area contributed by atoms with Crippen LogP contribution < -0.4 is 11.3 Å². The lowest BCUT2D eigenvalue weighted by atomic mass is 9.99. The summed E-state index contributed by atoms with van der Waals surface area (Å²) < 4.78 is 1.00. The Bertz CT molecular complexity index is 557. The van der Waals surface area contributed by atoms with E-state index >= 15 is 0 Å². The van der Waals surface area contributed by atoms with Crippen LogP contribution in [0.1, 0.15) is 23.1 Å². The molecule has 20 heavy (non-hydrogen) atoms. The molecule has 1 atom stereocenters.